The van der Waals surface area contributed by atoms with Crippen LogP contribution in [0, 0.1) is 5.82 Å². The van der Waals surface area contributed by atoms with Crippen molar-refractivity contribution in [2.45, 2.75) is 23.8 Å². The summed E-state index contributed by atoms with van der Waals surface area (Å²) in [5.74, 6) is -0.925. The van der Waals surface area contributed by atoms with E-state index in [-0.39, 0.29) is 22.5 Å². The molecule has 0 saturated carbocycles. The fourth-order valence-corrected chi connectivity index (χ4v) is 4.29. The van der Waals surface area contributed by atoms with Crippen LogP contribution >= 0.6 is 23.2 Å². The predicted octanol–water partition coefficient (Wildman–Crippen LogP) is 2.24. The second kappa shape index (κ2) is 5.54. The Bertz CT molecular complexity index is 595. The van der Waals surface area contributed by atoms with Crippen LogP contribution in [-0.2, 0) is 10.0 Å². The van der Waals surface area contributed by atoms with Gasteiger partial charge in [-0.3, -0.25) is 0 Å². The first-order valence-electron chi connectivity index (χ1n) is 5.73. The second-order valence-electron chi connectivity index (χ2n) is 4.44. The molecule has 1 aliphatic heterocycles. The van der Waals surface area contributed by atoms with Gasteiger partial charge < -0.3 is 5.73 Å². The standard InChI is InChI=1S/C11H13Cl2FN2O2S/c12-8-3-4-9(10(13)11(8)14)19(17,18)16-5-1-2-7(15)6-16/h3-4,7H,1-2,5-6,15H2/t7-/m1/s1. The first-order valence-corrected chi connectivity index (χ1v) is 7.93. The van der Waals surface area contributed by atoms with E-state index in [0.29, 0.717) is 13.0 Å². The smallest absolute Gasteiger partial charge is 0.244 e. The molecule has 1 saturated heterocycles. The van der Waals surface area contributed by atoms with Crippen LogP contribution in [0.1, 0.15) is 12.8 Å². The Hall–Kier alpha value is -0.400. The van der Waals surface area contributed by atoms with Crippen LogP contribution in [0.25, 0.3) is 0 Å². The number of nitrogens with two attached hydrogens (primary N) is 1. The zero-order valence-electron chi connectivity index (χ0n) is 9.94. The highest BCUT2D eigenvalue weighted by atomic mass is 35.5. The molecule has 0 aliphatic carbocycles. The van der Waals surface area contributed by atoms with Gasteiger partial charge in [-0.05, 0) is 25.0 Å². The Morgan fingerprint density at radius 3 is 2.68 bits per heavy atom. The fraction of sp³-hybridized carbons (Fsp3) is 0.455. The monoisotopic (exact) mass is 326 g/mol. The average molecular weight is 327 g/mol. The topological polar surface area (TPSA) is 63.4 Å². The normalized spacial score (nSPS) is 21.6. The van der Waals surface area contributed by atoms with Crippen molar-refractivity contribution < 1.29 is 12.8 Å². The first kappa shape index (κ1) is 15.0. The maximum absolute atomic E-state index is 13.6. The van der Waals surface area contributed by atoms with E-state index >= 15 is 0 Å². The molecule has 1 aromatic carbocycles. The molecule has 106 valence electrons. The number of piperidine rings is 1. The molecule has 2 N–H and O–H groups in total. The van der Waals surface area contributed by atoms with Gasteiger partial charge >= 0.3 is 0 Å². The highest BCUT2D eigenvalue weighted by Crippen LogP contribution is 2.32. The van der Waals surface area contributed by atoms with Gasteiger partial charge in [-0.1, -0.05) is 23.2 Å². The van der Waals surface area contributed by atoms with E-state index in [1.165, 1.54) is 16.4 Å². The minimum Gasteiger partial charge on any atom is -0.327 e. The number of halogens is 3. The molecule has 8 heteroatoms. The number of hydrogen-bond donors (Lipinski definition) is 1. The van der Waals surface area contributed by atoms with Crippen LogP contribution in [-0.4, -0.2) is 31.9 Å². The summed E-state index contributed by atoms with van der Waals surface area (Å²) in [6.07, 6.45) is 1.45. The Morgan fingerprint density at radius 1 is 1.37 bits per heavy atom. The molecule has 1 aromatic rings. The summed E-state index contributed by atoms with van der Waals surface area (Å²) in [5.41, 5.74) is 5.76. The van der Waals surface area contributed by atoms with E-state index in [9.17, 15) is 12.8 Å². The lowest BCUT2D eigenvalue weighted by Crippen LogP contribution is -2.45. The van der Waals surface area contributed by atoms with E-state index in [1.54, 1.807) is 0 Å². The van der Waals surface area contributed by atoms with Crippen LogP contribution in [0.2, 0.25) is 10.0 Å². The number of hydrogen-bond acceptors (Lipinski definition) is 3. The third kappa shape index (κ3) is 2.87. The van der Waals surface area contributed by atoms with E-state index < -0.39 is 20.9 Å². The lowest BCUT2D eigenvalue weighted by Gasteiger charge is -2.30. The molecule has 1 atom stereocenters. The van der Waals surface area contributed by atoms with Gasteiger partial charge in [-0.25, -0.2) is 12.8 Å². The van der Waals surface area contributed by atoms with Gasteiger partial charge in [0.25, 0.3) is 0 Å². The summed E-state index contributed by atoms with van der Waals surface area (Å²) in [6.45, 7) is 0.569. The van der Waals surface area contributed by atoms with E-state index in [0.717, 1.165) is 6.42 Å². The Morgan fingerprint density at radius 2 is 2.05 bits per heavy atom. The maximum Gasteiger partial charge on any atom is 0.244 e. The van der Waals surface area contributed by atoms with E-state index in [4.69, 9.17) is 28.9 Å². The number of rotatable bonds is 2. The van der Waals surface area contributed by atoms with Crippen LogP contribution < -0.4 is 5.73 Å². The molecule has 1 aliphatic rings. The molecule has 1 heterocycles. The third-order valence-corrected chi connectivity index (χ3v) is 5.72. The molecule has 19 heavy (non-hydrogen) atoms. The predicted molar refractivity (Wildman–Crippen MR) is 72.4 cm³/mol. The van der Waals surface area contributed by atoms with Crippen molar-refractivity contribution >= 4 is 33.2 Å². The van der Waals surface area contributed by atoms with Gasteiger partial charge in [0.05, 0.1) is 10.0 Å². The van der Waals surface area contributed by atoms with Crippen molar-refractivity contribution in [2.75, 3.05) is 13.1 Å². The average Bonchev–Trinajstić information content (AvgIpc) is 2.36. The van der Waals surface area contributed by atoms with Crippen LogP contribution in [0.3, 0.4) is 0 Å². The zero-order valence-corrected chi connectivity index (χ0v) is 12.3. The molecule has 1 fully saturated rings. The molecule has 0 spiro atoms. The summed E-state index contributed by atoms with van der Waals surface area (Å²) in [5, 5.41) is -0.689. The molecule has 0 bridgehead atoms. The molecule has 2 rings (SSSR count). The van der Waals surface area contributed by atoms with Gasteiger partial charge in [0.1, 0.15) is 4.90 Å². The van der Waals surface area contributed by atoms with Gasteiger partial charge in [0, 0.05) is 19.1 Å². The summed E-state index contributed by atoms with van der Waals surface area (Å²) < 4.78 is 39.6. The molecular formula is C11H13Cl2FN2O2S. The Kier molecular flexibility index (Phi) is 4.37. The molecule has 0 amide bonds. The van der Waals surface area contributed by atoms with Gasteiger partial charge in [0.15, 0.2) is 5.82 Å². The first-order chi connectivity index (χ1) is 8.84. The van der Waals surface area contributed by atoms with Crippen LogP contribution in [0.4, 0.5) is 4.39 Å². The minimum absolute atomic E-state index is 0.209. The Labute approximate surface area is 121 Å². The van der Waals surface area contributed by atoms with E-state index in [2.05, 4.69) is 0 Å². The molecule has 0 aromatic heterocycles. The minimum atomic E-state index is -3.84. The summed E-state index contributed by atoms with van der Waals surface area (Å²) >= 11 is 11.3. The van der Waals surface area contributed by atoms with Crippen LogP contribution in [0.5, 0.6) is 0 Å². The summed E-state index contributed by atoms with van der Waals surface area (Å²) in [7, 11) is -3.84. The number of benzene rings is 1. The van der Waals surface area contributed by atoms with Crippen molar-refractivity contribution in [3.05, 3.63) is 28.0 Å². The molecule has 0 radical (unpaired) electrons. The largest absolute Gasteiger partial charge is 0.327 e. The number of sulfonamides is 1. The quantitative estimate of drug-likeness (QED) is 0.848. The van der Waals surface area contributed by atoms with Crippen molar-refractivity contribution in [3.8, 4) is 0 Å². The second-order valence-corrected chi connectivity index (χ2v) is 7.13. The molecular weight excluding hydrogens is 314 g/mol. The maximum atomic E-state index is 13.6. The Balaban J connectivity index is 2.42. The highest BCUT2D eigenvalue weighted by molar-refractivity contribution is 7.89. The van der Waals surface area contributed by atoms with Crippen LogP contribution in [0.15, 0.2) is 17.0 Å². The van der Waals surface area contributed by atoms with Crippen molar-refractivity contribution in [3.63, 3.8) is 0 Å². The van der Waals surface area contributed by atoms with Gasteiger partial charge in [-0.15, -0.1) is 0 Å². The van der Waals surface area contributed by atoms with Crippen molar-refractivity contribution in [2.24, 2.45) is 5.73 Å². The summed E-state index contributed by atoms with van der Waals surface area (Å²) in [6, 6.07) is 2.18. The lowest BCUT2D eigenvalue weighted by molar-refractivity contribution is 0.316. The molecule has 0 unspecified atom stereocenters. The SMILES string of the molecule is N[C@@H]1CCCN(S(=O)(=O)c2ccc(Cl)c(F)c2Cl)C1. The fourth-order valence-electron chi connectivity index (χ4n) is 2.04. The lowest BCUT2D eigenvalue weighted by atomic mass is 10.1. The van der Waals surface area contributed by atoms with Gasteiger partial charge in [0.2, 0.25) is 10.0 Å². The molecule has 4 nitrogen and oxygen atoms in total. The van der Waals surface area contributed by atoms with Crippen molar-refractivity contribution in [1.82, 2.24) is 4.31 Å². The van der Waals surface area contributed by atoms with Crippen molar-refractivity contribution in [1.29, 1.82) is 0 Å². The highest BCUT2D eigenvalue weighted by Gasteiger charge is 2.31. The summed E-state index contributed by atoms with van der Waals surface area (Å²) in [4.78, 5) is -0.273. The van der Waals surface area contributed by atoms with Gasteiger partial charge in [-0.2, -0.15) is 4.31 Å². The number of nitrogens with zero attached hydrogens (tertiary/aromatic N) is 1. The van der Waals surface area contributed by atoms with E-state index in [1.807, 2.05) is 0 Å². The zero-order chi connectivity index (χ0) is 14.2. The third-order valence-electron chi connectivity index (χ3n) is 3.04.